The normalized spacial score (nSPS) is 14.9. The molecule has 0 amide bonds. The Bertz CT molecular complexity index is 655. The average molecular weight is 281 g/mol. The van der Waals surface area contributed by atoms with Gasteiger partial charge in [-0.25, -0.2) is 4.39 Å². The minimum Gasteiger partial charge on any atom is -0.368 e. The summed E-state index contributed by atoms with van der Waals surface area (Å²) in [5.74, 6) is -0.363. The lowest BCUT2D eigenvalue weighted by Gasteiger charge is -2.37. The second-order valence-electron chi connectivity index (χ2n) is 5.08. The van der Waals surface area contributed by atoms with E-state index < -0.39 is 0 Å². The molecule has 1 aliphatic heterocycles. The molecule has 0 saturated carbocycles. The molecule has 1 saturated heterocycles. The fourth-order valence-corrected chi connectivity index (χ4v) is 2.72. The predicted octanol–water partition coefficient (Wildman–Crippen LogP) is 3.02. The lowest BCUT2D eigenvalue weighted by molar-refractivity contribution is 0.624. The van der Waals surface area contributed by atoms with E-state index in [-0.39, 0.29) is 5.82 Å². The minimum absolute atomic E-state index is 0.363. The first-order valence-corrected chi connectivity index (χ1v) is 7.02. The maximum absolute atomic E-state index is 13.2. The van der Waals surface area contributed by atoms with E-state index in [9.17, 15) is 4.39 Å². The van der Waals surface area contributed by atoms with Crippen LogP contribution in [0.1, 0.15) is 5.56 Å². The van der Waals surface area contributed by atoms with Crippen LogP contribution >= 0.6 is 0 Å². The van der Waals surface area contributed by atoms with Crippen LogP contribution in [-0.4, -0.2) is 26.2 Å². The van der Waals surface area contributed by atoms with Crippen LogP contribution in [0.3, 0.4) is 0 Å². The third kappa shape index (κ3) is 2.82. The van der Waals surface area contributed by atoms with Crippen molar-refractivity contribution in [1.82, 2.24) is 0 Å². The van der Waals surface area contributed by atoms with Crippen LogP contribution in [0.5, 0.6) is 0 Å². The number of benzene rings is 2. The lowest BCUT2D eigenvalue weighted by Crippen LogP contribution is -2.46. The quantitative estimate of drug-likeness (QED) is 0.847. The molecular formula is C17H16FN3. The molecule has 1 aliphatic rings. The van der Waals surface area contributed by atoms with E-state index in [1.54, 1.807) is 6.07 Å². The predicted molar refractivity (Wildman–Crippen MR) is 82.0 cm³/mol. The molecule has 0 aliphatic carbocycles. The Hall–Kier alpha value is -2.54. The standard InChI is InChI=1S/C17H16FN3/c18-15-6-7-17(14(12-15)13-19)21-10-8-20(9-11-21)16-4-2-1-3-5-16/h1-7,12H,8-11H2. The zero-order valence-corrected chi connectivity index (χ0v) is 11.7. The Morgan fingerprint density at radius 2 is 1.57 bits per heavy atom. The maximum atomic E-state index is 13.2. The summed E-state index contributed by atoms with van der Waals surface area (Å²) >= 11 is 0. The van der Waals surface area contributed by atoms with Crippen molar-refractivity contribution in [3.8, 4) is 6.07 Å². The molecule has 3 rings (SSSR count). The second-order valence-corrected chi connectivity index (χ2v) is 5.08. The van der Waals surface area contributed by atoms with E-state index in [0.29, 0.717) is 5.56 Å². The van der Waals surface area contributed by atoms with Gasteiger partial charge < -0.3 is 9.80 Å². The number of hydrogen-bond acceptors (Lipinski definition) is 3. The van der Waals surface area contributed by atoms with Gasteiger partial charge in [0.05, 0.1) is 11.3 Å². The molecule has 106 valence electrons. The topological polar surface area (TPSA) is 30.3 Å². The molecule has 1 heterocycles. The van der Waals surface area contributed by atoms with Crippen LogP contribution in [-0.2, 0) is 0 Å². The summed E-state index contributed by atoms with van der Waals surface area (Å²) in [5.41, 5.74) is 2.45. The number of para-hydroxylation sites is 1. The molecular weight excluding hydrogens is 265 g/mol. The molecule has 0 aromatic heterocycles. The average Bonchev–Trinajstić information content (AvgIpc) is 2.56. The summed E-state index contributed by atoms with van der Waals surface area (Å²) in [6.45, 7) is 3.45. The van der Waals surface area contributed by atoms with Crippen molar-refractivity contribution in [3.63, 3.8) is 0 Å². The number of rotatable bonds is 2. The van der Waals surface area contributed by atoms with Crippen molar-refractivity contribution in [1.29, 1.82) is 5.26 Å². The van der Waals surface area contributed by atoms with E-state index in [1.165, 1.54) is 17.8 Å². The van der Waals surface area contributed by atoms with Gasteiger partial charge in [-0.15, -0.1) is 0 Å². The molecule has 4 heteroatoms. The molecule has 2 aromatic carbocycles. The van der Waals surface area contributed by atoms with Crippen molar-refractivity contribution < 1.29 is 4.39 Å². The van der Waals surface area contributed by atoms with Gasteiger partial charge in [-0.3, -0.25) is 0 Å². The van der Waals surface area contributed by atoms with Crippen LogP contribution in [0.15, 0.2) is 48.5 Å². The van der Waals surface area contributed by atoms with Gasteiger partial charge in [-0.05, 0) is 30.3 Å². The molecule has 0 spiro atoms. The largest absolute Gasteiger partial charge is 0.368 e. The summed E-state index contributed by atoms with van der Waals surface area (Å²) in [6.07, 6.45) is 0. The molecule has 21 heavy (non-hydrogen) atoms. The zero-order valence-electron chi connectivity index (χ0n) is 11.7. The Morgan fingerprint density at radius 1 is 0.905 bits per heavy atom. The van der Waals surface area contributed by atoms with Gasteiger partial charge in [0.15, 0.2) is 0 Å². The van der Waals surface area contributed by atoms with Crippen molar-refractivity contribution >= 4 is 11.4 Å². The van der Waals surface area contributed by atoms with Crippen molar-refractivity contribution in [2.75, 3.05) is 36.0 Å². The number of anilines is 2. The number of hydrogen-bond donors (Lipinski definition) is 0. The third-order valence-electron chi connectivity index (χ3n) is 3.82. The molecule has 0 N–H and O–H groups in total. The van der Waals surface area contributed by atoms with Gasteiger partial charge in [-0.2, -0.15) is 5.26 Å². The highest BCUT2D eigenvalue weighted by molar-refractivity contribution is 5.60. The molecule has 0 radical (unpaired) electrons. The van der Waals surface area contributed by atoms with Crippen LogP contribution in [0.2, 0.25) is 0 Å². The Labute approximate surface area is 123 Å². The molecule has 0 atom stereocenters. The summed E-state index contributed by atoms with van der Waals surface area (Å²) in [6, 6.07) is 16.8. The maximum Gasteiger partial charge on any atom is 0.124 e. The number of nitriles is 1. The van der Waals surface area contributed by atoms with E-state index in [1.807, 2.05) is 18.2 Å². The fraction of sp³-hybridized carbons (Fsp3) is 0.235. The Morgan fingerprint density at radius 3 is 2.24 bits per heavy atom. The number of halogens is 1. The Balaban J connectivity index is 1.73. The van der Waals surface area contributed by atoms with Gasteiger partial charge in [0.1, 0.15) is 11.9 Å². The van der Waals surface area contributed by atoms with Crippen molar-refractivity contribution in [3.05, 3.63) is 59.9 Å². The van der Waals surface area contributed by atoms with Crippen LogP contribution in [0.4, 0.5) is 15.8 Å². The van der Waals surface area contributed by atoms with E-state index in [4.69, 9.17) is 5.26 Å². The van der Waals surface area contributed by atoms with Crippen molar-refractivity contribution in [2.45, 2.75) is 0 Å². The highest BCUT2D eigenvalue weighted by Gasteiger charge is 2.19. The minimum atomic E-state index is -0.363. The first-order chi connectivity index (χ1) is 10.3. The molecule has 1 fully saturated rings. The van der Waals surface area contributed by atoms with Gasteiger partial charge >= 0.3 is 0 Å². The fourth-order valence-electron chi connectivity index (χ4n) is 2.72. The summed E-state index contributed by atoms with van der Waals surface area (Å²) in [4.78, 5) is 4.48. The van der Waals surface area contributed by atoms with E-state index in [0.717, 1.165) is 31.9 Å². The zero-order chi connectivity index (χ0) is 14.7. The van der Waals surface area contributed by atoms with Gasteiger partial charge in [0, 0.05) is 31.9 Å². The summed E-state index contributed by atoms with van der Waals surface area (Å²) in [5, 5.41) is 9.15. The smallest absolute Gasteiger partial charge is 0.124 e. The monoisotopic (exact) mass is 281 g/mol. The van der Waals surface area contributed by atoms with Gasteiger partial charge in [-0.1, -0.05) is 18.2 Å². The van der Waals surface area contributed by atoms with E-state index in [2.05, 4.69) is 28.0 Å². The first kappa shape index (κ1) is 13.4. The van der Waals surface area contributed by atoms with Crippen LogP contribution in [0, 0.1) is 17.1 Å². The number of nitrogens with zero attached hydrogens (tertiary/aromatic N) is 3. The highest BCUT2D eigenvalue weighted by atomic mass is 19.1. The first-order valence-electron chi connectivity index (χ1n) is 7.02. The van der Waals surface area contributed by atoms with E-state index >= 15 is 0 Å². The van der Waals surface area contributed by atoms with Gasteiger partial charge in [0.2, 0.25) is 0 Å². The highest BCUT2D eigenvalue weighted by Crippen LogP contribution is 2.24. The molecule has 2 aromatic rings. The Kier molecular flexibility index (Phi) is 3.74. The molecule has 0 unspecified atom stereocenters. The number of piperazine rings is 1. The van der Waals surface area contributed by atoms with Crippen molar-refractivity contribution in [2.24, 2.45) is 0 Å². The van der Waals surface area contributed by atoms with Crippen LogP contribution < -0.4 is 9.80 Å². The summed E-state index contributed by atoms with van der Waals surface area (Å²) < 4.78 is 13.2. The third-order valence-corrected chi connectivity index (χ3v) is 3.82. The SMILES string of the molecule is N#Cc1cc(F)ccc1N1CCN(c2ccccc2)CC1. The second kappa shape index (κ2) is 5.84. The molecule has 0 bridgehead atoms. The van der Waals surface area contributed by atoms with Crippen LogP contribution in [0.25, 0.3) is 0 Å². The lowest BCUT2D eigenvalue weighted by atomic mass is 10.1. The summed E-state index contributed by atoms with van der Waals surface area (Å²) in [7, 11) is 0. The van der Waals surface area contributed by atoms with Gasteiger partial charge in [0.25, 0.3) is 0 Å². The molecule has 3 nitrogen and oxygen atoms in total.